The molecule has 3 rings (SSSR count). The van der Waals surface area contributed by atoms with Gasteiger partial charge in [0.1, 0.15) is 5.75 Å². The standard InChI is InChI=1S/C19H19N3O3/c1-10-4-5-11(2)16-15(10)17(19(25)20-16)21-22-18(24)12(3)13-6-8-14(23)9-7-13/h4-9,12,20,23,25H,1-3H3. The lowest BCUT2D eigenvalue weighted by molar-refractivity contribution is -0.119. The summed E-state index contributed by atoms with van der Waals surface area (Å²) in [7, 11) is 0. The molecule has 0 saturated heterocycles. The summed E-state index contributed by atoms with van der Waals surface area (Å²) >= 11 is 0. The fourth-order valence-corrected chi connectivity index (χ4v) is 2.76. The molecule has 0 spiro atoms. The first kappa shape index (κ1) is 16.7. The number of carbonyl (C=O) groups excluding carboxylic acids is 1. The summed E-state index contributed by atoms with van der Waals surface area (Å²) in [5.74, 6) is -0.898. The van der Waals surface area contributed by atoms with Crippen molar-refractivity contribution in [1.82, 2.24) is 4.98 Å². The Kier molecular flexibility index (Phi) is 4.27. The molecule has 0 aliphatic rings. The second-order valence-corrected chi connectivity index (χ2v) is 6.12. The van der Waals surface area contributed by atoms with Gasteiger partial charge in [-0.2, -0.15) is 0 Å². The Balaban J connectivity index is 1.93. The van der Waals surface area contributed by atoms with Gasteiger partial charge in [0.15, 0.2) is 5.69 Å². The first-order valence-corrected chi connectivity index (χ1v) is 7.94. The van der Waals surface area contributed by atoms with Gasteiger partial charge < -0.3 is 15.2 Å². The van der Waals surface area contributed by atoms with Crippen LogP contribution >= 0.6 is 0 Å². The molecule has 0 fully saturated rings. The number of nitrogens with zero attached hydrogens (tertiary/aromatic N) is 2. The normalized spacial score (nSPS) is 12.8. The van der Waals surface area contributed by atoms with Crippen LogP contribution in [-0.2, 0) is 4.79 Å². The third-order valence-electron chi connectivity index (χ3n) is 4.34. The maximum atomic E-state index is 12.3. The van der Waals surface area contributed by atoms with Gasteiger partial charge in [0, 0.05) is 5.39 Å². The van der Waals surface area contributed by atoms with Crippen LogP contribution in [0.2, 0.25) is 0 Å². The molecule has 0 aliphatic carbocycles. The first-order chi connectivity index (χ1) is 11.9. The van der Waals surface area contributed by atoms with E-state index in [0.29, 0.717) is 0 Å². The highest BCUT2D eigenvalue weighted by Gasteiger charge is 2.17. The molecule has 1 atom stereocenters. The Morgan fingerprint density at radius 1 is 1.04 bits per heavy atom. The number of nitrogens with one attached hydrogen (secondary N) is 1. The smallest absolute Gasteiger partial charge is 0.271 e. The van der Waals surface area contributed by atoms with E-state index in [0.717, 1.165) is 27.6 Å². The molecule has 1 heterocycles. The van der Waals surface area contributed by atoms with Crippen molar-refractivity contribution in [1.29, 1.82) is 0 Å². The van der Waals surface area contributed by atoms with Gasteiger partial charge in [-0.15, -0.1) is 10.2 Å². The summed E-state index contributed by atoms with van der Waals surface area (Å²) in [6.07, 6.45) is 0. The molecule has 0 aliphatic heterocycles. The van der Waals surface area contributed by atoms with Crippen molar-refractivity contribution < 1.29 is 15.0 Å². The summed E-state index contributed by atoms with van der Waals surface area (Å²) in [6.45, 7) is 5.56. The van der Waals surface area contributed by atoms with Crippen LogP contribution in [0.5, 0.6) is 11.6 Å². The highest BCUT2D eigenvalue weighted by atomic mass is 16.3. The molecule has 1 amide bonds. The van der Waals surface area contributed by atoms with E-state index in [1.807, 2.05) is 26.0 Å². The Morgan fingerprint density at radius 2 is 1.68 bits per heavy atom. The maximum Gasteiger partial charge on any atom is 0.271 e. The molecule has 1 unspecified atom stereocenters. The minimum Gasteiger partial charge on any atom is -0.508 e. The second kappa shape index (κ2) is 6.39. The Hall–Kier alpha value is -3.15. The highest BCUT2D eigenvalue weighted by molar-refractivity contribution is 5.98. The number of benzene rings is 2. The molecule has 3 N–H and O–H groups in total. The average Bonchev–Trinajstić information content (AvgIpc) is 2.94. The van der Waals surface area contributed by atoms with Gasteiger partial charge in [-0.25, -0.2) is 0 Å². The molecule has 0 radical (unpaired) electrons. The zero-order chi connectivity index (χ0) is 18.1. The number of aromatic nitrogens is 1. The van der Waals surface area contributed by atoms with Gasteiger partial charge in [-0.1, -0.05) is 24.3 Å². The van der Waals surface area contributed by atoms with Crippen LogP contribution < -0.4 is 0 Å². The van der Waals surface area contributed by atoms with Crippen molar-refractivity contribution in [2.75, 3.05) is 0 Å². The largest absolute Gasteiger partial charge is 0.508 e. The molecular weight excluding hydrogens is 318 g/mol. The van der Waals surface area contributed by atoms with Gasteiger partial charge in [0.05, 0.1) is 11.4 Å². The van der Waals surface area contributed by atoms with E-state index in [9.17, 15) is 15.0 Å². The predicted molar refractivity (Wildman–Crippen MR) is 95.5 cm³/mol. The van der Waals surface area contributed by atoms with Crippen LogP contribution in [0, 0.1) is 13.8 Å². The molecule has 6 nitrogen and oxygen atoms in total. The highest BCUT2D eigenvalue weighted by Crippen LogP contribution is 2.39. The third kappa shape index (κ3) is 3.10. The fourth-order valence-electron chi connectivity index (χ4n) is 2.76. The summed E-state index contributed by atoms with van der Waals surface area (Å²) in [5, 5.41) is 28.0. The Bertz CT molecular complexity index is 972. The monoisotopic (exact) mass is 337 g/mol. The van der Waals surface area contributed by atoms with Gasteiger partial charge in [0.2, 0.25) is 5.88 Å². The van der Waals surface area contributed by atoms with Crippen LogP contribution in [0.15, 0.2) is 46.6 Å². The zero-order valence-electron chi connectivity index (χ0n) is 14.2. The molecule has 128 valence electrons. The minimum absolute atomic E-state index is 0.110. The summed E-state index contributed by atoms with van der Waals surface area (Å²) in [4.78, 5) is 15.2. The molecule has 3 aromatic rings. The number of rotatable bonds is 3. The topological polar surface area (TPSA) is 98.0 Å². The molecule has 6 heteroatoms. The van der Waals surface area contributed by atoms with E-state index in [-0.39, 0.29) is 17.3 Å². The average molecular weight is 337 g/mol. The van der Waals surface area contributed by atoms with E-state index in [4.69, 9.17) is 0 Å². The lowest BCUT2D eigenvalue weighted by Gasteiger charge is -2.06. The van der Waals surface area contributed by atoms with Gasteiger partial charge in [-0.3, -0.25) is 4.79 Å². The van der Waals surface area contributed by atoms with Gasteiger partial charge in [0.25, 0.3) is 5.91 Å². The number of aryl methyl sites for hydroxylation is 2. The number of carbonyl (C=O) groups is 1. The van der Waals surface area contributed by atoms with Crippen molar-refractivity contribution in [3.05, 3.63) is 53.1 Å². The molecule has 25 heavy (non-hydrogen) atoms. The lowest BCUT2D eigenvalue weighted by atomic mass is 10.0. The fraction of sp³-hybridized carbons (Fsp3) is 0.211. The number of fused-ring (bicyclic) bond motifs is 1. The van der Waals surface area contributed by atoms with E-state index >= 15 is 0 Å². The molecular formula is C19H19N3O3. The summed E-state index contributed by atoms with van der Waals surface area (Å²) in [6, 6.07) is 10.3. The van der Waals surface area contributed by atoms with Crippen molar-refractivity contribution in [3.8, 4) is 11.6 Å². The zero-order valence-corrected chi connectivity index (χ0v) is 14.2. The summed E-state index contributed by atoms with van der Waals surface area (Å²) in [5.41, 5.74) is 3.69. The quantitative estimate of drug-likeness (QED) is 0.609. The number of phenolic OH excluding ortho intramolecular Hbond substituents is 1. The number of aromatic amines is 1. The first-order valence-electron chi connectivity index (χ1n) is 7.94. The molecule has 0 saturated carbocycles. The number of hydrogen-bond donors (Lipinski definition) is 3. The number of H-pyrrole nitrogens is 1. The van der Waals surface area contributed by atoms with E-state index < -0.39 is 11.8 Å². The van der Waals surface area contributed by atoms with Crippen molar-refractivity contribution in [3.63, 3.8) is 0 Å². The third-order valence-corrected chi connectivity index (χ3v) is 4.34. The van der Waals surface area contributed by atoms with Crippen LogP contribution in [0.25, 0.3) is 10.9 Å². The number of amides is 1. The van der Waals surface area contributed by atoms with Crippen molar-refractivity contribution in [2.45, 2.75) is 26.7 Å². The molecule has 2 aromatic carbocycles. The number of azo groups is 1. The Morgan fingerprint density at radius 3 is 2.36 bits per heavy atom. The SMILES string of the molecule is Cc1ccc(C)c2c(N=NC(=O)C(C)c3ccc(O)cc3)c(O)[nH]c12. The van der Waals surface area contributed by atoms with Crippen LogP contribution in [0.3, 0.4) is 0 Å². The second-order valence-electron chi connectivity index (χ2n) is 6.12. The van der Waals surface area contributed by atoms with Crippen LogP contribution in [0.4, 0.5) is 5.69 Å². The lowest BCUT2D eigenvalue weighted by Crippen LogP contribution is -2.05. The Labute approximate surface area is 144 Å². The predicted octanol–water partition coefficient (Wildman–Crippen LogP) is 4.61. The summed E-state index contributed by atoms with van der Waals surface area (Å²) < 4.78 is 0. The van der Waals surface area contributed by atoms with Crippen LogP contribution in [-0.4, -0.2) is 21.1 Å². The number of hydrogen-bond acceptors (Lipinski definition) is 4. The maximum absolute atomic E-state index is 12.3. The molecule has 0 bridgehead atoms. The number of aromatic hydroxyl groups is 2. The van der Waals surface area contributed by atoms with Crippen LogP contribution in [0.1, 0.15) is 29.5 Å². The van der Waals surface area contributed by atoms with E-state index in [1.165, 1.54) is 12.1 Å². The van der Waals surface area contributed by atoms with E-state index in [2.05, 4.69) is 15.2 Å². The molecule has 1 aromatic heterocycles. The minimum atomic E-state index is -0.500. The van der Waals surface area contributed by atoms with Gasteiger partial charge >= 0.3 is 0 Å². The number of phenols is 1. The van der Waals surface area contributed by atoms with Gasteiger partial charge in [-0.05, 0) is 49.6 Å². The van der Waals surface area contributed by atoms with Crippen molar-refractivity contribution >= 4 is 22.5 Å². The van der Waals surface area contributed by atoms with E-state index in [1.54, 1.807) is 19.1 Å². The van der Waals surface area contributed by atoms with Crippen molar-refractivity contribution in [2.24, 2.45) is 10.2 Å².